The Balaban J connectivity index is 1.94. The van der Waals surface area contributed by atoms with Crippen molar-refractivity contribution < 1.29 is 14.4 Å². The molecule has 0 radical (unpaired) electrons. The maximum Gasteiger partial charge on any atom is 0.280 e. The summed E-state index contributed by atoms with van der Waals surface area (Å²) in [5, 5.41) is 13.9. The third-order valence-corrected chi connectivity index (χ3v) is 3.90. The van der Waals surface area contributed by atoms with Gasteiger partial charge in [-0.25, -0.2) is 4.98 Å². The molecule has 0 atom stereocenters. The van der Waals surface area contributed by atoms with Crippen LogP contribution in [-0.4, -0.2) is 26.8 Å². The summed E-state index contributed by atoms with van der Waals surface area (Å²) in [6.45, 7) is 2.58. The number of hydrogen-bond donors (Lipinski definition) is 1. The number of aromatic hydroxyl groups is 1. The molecule has 3 rings (SSSR count). The fourth-order valence-corrected chi connectivity index (χ4v) is 2.90. The van der Waals surface area contributed by atoms with Gasteiger partial charge in [-0.05, 0) is 31.9 Å². The van der Waals surface area contributed by atoms with E-state index in [1.807, 2.05) is 6.92 Å². The van der Waals surface area contributed by atoms with Gasteiger partial charge >= 0.3 is 0 Å². The second-order valence-corrected chi connectivity index (χ2v) is 5.28. The van der Waals surface area contributed by atoms with E-state index in [4.69, 9.17) is 9.26 Å². The van der Waals surface area contributed by atoms with Crippen LogP contribution in [0.1, 0.15) is 44.9 Å². The van der Waals surface area contributed by atoms with Crippen LogP contribution >= 0.6 is 0 Å². The molecule has 6 nitrogen and oxygen atoms in total. The van der Waals surface area contributed by atoms with Crippen molar-refractivity contribution in [3.05, 3.63) is 24.2 Å². The second kappa shape index (κ2) is 5.81. The lowest BCUT2D eigenvalue weighted by Gasteiger charge is -2.33. The summed E-state index contributed by atoms with van der Waals surface area (Å²) in [5.41, 5.74) is -0.155. The Morgan fingerprint density at radius 1 is 1.33 bits per heavy atom. The zero-order chi connectivity index (χ0) is 14.7. The number of aromatic nitrogens is 3. The molecule has 6 heteroatoms. The van der Waals surface area contributed by atoms with Crippen LogP contribution in [0.25, 0.3) is 11.6 Å². The number of nitrogens with zero attached hydrogens (tertiary/aromatic N) is 3. The van der Waals surface area contributed by atoms with Gasteiger partial charge in [-0.15, -0.1) is 0 Å². The van der Waals surface area contributed by atoms with Crippen LogP contribution < -0.4 is 0 Å². The van der Waals surface area contributed by atoms with E-state index in [2.05, 4.69) is 15.1 Å². The van der Waals surface area contributed by atoms with Crippen molar-refractivity contribution in [3.8, 4) is 17.3 Å². The summed E-state index contributed by atoms with van der Waals surface area (Å²) < 4.78 is 11.3. The van der Waals surface area contributed by atoms with Crippen LogP contribution in [0.3, 0.4) is 0 Å². The fourth-order valence-electron chi connectivity index (χ4n) is 2.90. The highest BCUT2D eigenvalue weighted by Gasteiger charge is 2.39. The van der Waals surface area contributed by atoms with Crippen molar-refractivity contribution in [3.63, 3.8) is 0 Å². The van der Waals surface area contributed by atoms with Crippen LogP contribution in [0.15, 0.2) is 22.9 Å². The van der Waals surface area contributed by atoms with Gasteiger partial charge in [-0.2, -0.15) is 4.98 Å². The van der Waals surface area contributed by atoms with Gasteiger partial charge in [0.15, 0.2) is 5.69 Å². The van der Waals surface area contributed by atoms with Crippen molar-refractivity contribution in [2.24, 2.45) is 0 Å². The van der Waals surface area contributed by atoms with Crippen molar-refractivity contribution in [1.29, 1.82) is 0 Å². The standard InChI is InChI=1S/C15H19N3O3/c1-2-20-15(8-4-3-5-9-15)14-17-13(21-18-14)12-11(19)7-6-10-16-12/h6-7,10,19H,2-5,8-9H2,1H3. The first-order chi connectivity index (χ1) is 10.2. The molecule has 0 aliphatic heterocycles. The Morgan fingerprint density at radius 2 is 2.14 bits per heavy atom. The Hall–Kier alpha value is -1.95. The number of hydrogen-bond acceptors (Lipinski definition) is 6. The molecular weight excluding hydrogens is 270 g/mol. The molecule has 1 aliphatic rings. The number of rotatable bonds is 4. The van der Waals surface area contributed by atoms with Crippen molar-refractivity contribution >= 4 is 0 Å². The van der Waals surface area contributed by atoms with E-state index < -0.39 is 5.60 Å². The average molecular weight is 289 g/mol. The summed E-state index contributed by atoms with van der Waals surface area (Å²) >= 11 is 0. The second-order valence-electron chi connectivity index (χ2n) is 5.28. The van der Waals surface area contributed by atoms with Gasteiger partial charge in [-0.3, -0.25) is 0 Å². The van der Waals surface area contributed by atoms with Crippen LogP contribution in [-0.2, 0) is 10.3 Å². The Kier molecular flexibility index (Phi) is 3.88. The first-order valence-corrected chi connectivity index (χ1v) is 7.38. The van der Waals surface area contributed by atoms with Gasteiger partial charge in [-0.1, -0.05) is 24.4 Å². The fraction of sp³-hybridized carbons (Fsp3) is 0.533. The first kappa shape index (κ1) is 14.0. The molecule has 1 saturated carbocycles. The Labute approximate surface area is 123 Å². The SMILES string of the molecule is CCOC1(c2noc(-c3ncccc3O)n2)CCCCC1. The zero-order valence-corrected chi connectivity index (χ0v) is 12.1. The van der Waals surface area contributed by atoms with Gasteiger partial charge in [0.1, 0.15) is 11.4 Å². The van der Waals surface area contributed by atoms with Crippen LogP contribution in [0.4, 0.5) is 0 Å². The highest BCUT2D eigenvalue weighted by atomic mass is 16.5. The largest absolute Gasteiger partial charge is 0.505 e. The lowest BCUT2D eigenvalue weighted by molar-refractivity contribution is -0.0777. The highest BCUT2D eigenvalue weighted by Crippen LogP contribution is 2.40. The van der Waals surface area contributed by atoms with E-state index in [0.717, 1.165) is 25.7 Å². The molecule has 0 amide bonds. The molecule has 21 heavy (non-hydrogen) atoms. The minimum Gasteiger partial charge on any atom is -0.505 e. The van der Waals surface area contributed by atoms with Crippen LogP contribution in [0.5, 0.6) is 5.75 Å². The summed E-state index contributed by atoms with van der Waals surface area (Å²) in [7, 11) is 0. The molecule has 1 aliphatic carbocycles. The molecule has 1 fully saturated rings. The van der Waals surface area contributed by atoms with Gasteiger partial charge in [0.25, 0.3) is 5.89 Å². The van der Waals surface area contributed by atoms with E-state index in [9.17, 15) is 5.11 Å². The summed E-state index contributed by atoms with van der Waals surface area (Å²) in [4.78, 5) is 8.52. The van der Waals surface area contributed by atoms with E-state index in [0.29, 0.717) is 18.1 Å². The molecule has 2 heterocycles. The summed E-state index contributed by atoms with van der Waals surface area (Å²) in [6, 6.07) is 3.20. The number of ether oxygens (including phenoxy) is 1. The molecule has 0 bridgehead atoms. The summed E-state index contributed by atoms with van der Waals surface area (Å²) in [5.74, 6) is 0.818. The zero-order valence-electron chi connectivity index (χ0n) is 12.1. The quantitative estimate of drug-likeness (QED) is 0.931. The summed E-state index contributed by atoms with van der Waals surface area (Å²) in [6.07, 6.45) is 6.78. The third-order valence-electron chi connectivity index (χ3n) is 3.90. The predicted octanol–water partition coefficient (Wildman–Crippen LogP) is 3.03. The van der Waals surface area contributed by atoms with Crippen molar-refractivity contribution in [2.75, 3.05) is 6.61 Å². The molecule has 0 aromatic carbocycles. The Morgan fingerprint density at radius 3 is 2.86 bits per heavy atom. The molecule has 0 unspecified atom stereocenters. The van der Waals surface area contributed by atoms with Crippen LogP contribution in [0, 0.1) is 0 Å². The molecule has 2 aromatic rings. The van der Waals surface area contributed by atoms with Gasteiger partial charge in [0, 0.05) is 12.8 Å². The van der Waals surface area contributed by atoms with Gasteiger partial charge < -0.3 is 14.4 Å². The predicted molar refractivity (Wildman–Crippen MR) is 75.6 cm³/mol. The van der Waals surface area contributed by atoms with E-state index in [1.54, 1.807) is 18.3 Å². The maximum atomic E-state index is 9.83. The van der Waals surface area contributed by atoms with Crippen molar-refractivity contribution in [1.82, 2.24) is 15.1 Å². The molecule has 2 aromatic heterocycles. The van der Waals surface area contributed by atoms with E-state index >= 15 is 0 Å². The molecular formula is C15H19N3O3. The lowest BCUT2D eigenvalue weighted by atomic mass is 9.84. The molecule has 112 valence electrons. The average Bonchev–Trinajstić information content (AvgIpc) is 2.99. The highest BCUT2D eigenvalue weighted by molar-refractivity contribution is 5.55. The van der Waals surface area contributed by atoms with Gasteiger partial charge in [0.05, 0.1) is 0 Å². The topological polar surface area (TPSA) is 81.3 Å². The Bertz CT molecular complexity index is 600. The maximum absolute atomic E-state index is 9.83. The van der Waals surface area contributed by atoms with E-state index in [1.165, 1.54) is 6.42 Å². The van der Waals surface area contributed by atoms with Gasteiger partial charge in [0.2, 0.25) is 5.82 Å². The molecule has 0 saturated heterocycles. The van der Waals surface area contributed by atoms with E-state index in [-0.39, 0.29) is 11.6 Å². The number of pyridine rings is 1. The third kappa shape index (κ3) is 2.63. The normalized spacial score (nSPS) is 17.8. The minimum atomic E-state index is -0.459. The monoisotopic (exact) mass is 289 g/mol. The minimum absolute atomic E-state index is 0.0294. The smallest absolute Gasteiger partial charge is 0.280 e. The lowest BCUT2D eigenvalue weighted by Crippen LogP contribution is -2.33. The first-order valence-electron chi connectivity index (χ1n) is 7.38. The van der Waals surface area contributed by atoms with Crippen LogP contribution in [0.2, 0.25) is 0 Å². The molecule has 0 spiro atoms. The molecule has 1 N–H and O–H groups in total. The van der Waals surface area contributed by atoms with Crippen molar-refractivity contribution in [2.45, 2.75) is 44.6 Å².